The summed E-state index contributed by atoms with van der Waals surface area (Å²) < 4.78 is 5.50. The lowest BCUT2D eigenvalue weighted by Crippen LogP contribution is -2.28. The average Bonchev–Trinajstić information content (AvgIpc) is 3.16. The minimum Gasteiger partial charge on any atom is -0.494 e. The van der Waals surface area contributed by atoms with Gasteiger partial charge >= 0.3 is 6.03 Å². The largest absolute Gasteiger partial charge is 0.494 e. The Balaban J connectivity index is 1.90. The third kappa shape index (κ3) is 3.72. The van der Waals surface area contributed by atoms with Crippen LogP contribution in [0.15, 0.2) is 48.8 Å². The number of rotatable bonds is 5. The molecular weight excluding hydrogens is 382 g/mol. The lowest BCUT2D eigenvalue weighted by molar-refractivity contribution is 0.252. The summed E-state index contributed by atoms with van der Waals surface area (Å²) in [6.45, 7) is 2.35. The fraction of sp³-hybridized carbons (Fsp3) is 0.143. The molecule has 3 aromatic heterocycles. The number of nitrogens with two attached hydrogens (primary N) is 1. The highest BCUT2D eigenvalue weighted by atomic mass is 16.5. The van der Waals surface area contributed by atoms with E-state index in [2.05, 4.69) is 30.6 Å². The van der Waals surface area contributed by atoms with Crippen molar-refractivity contribution < 1.29 is 9.53 Å². The molecule has 4 rings (SSSR count). The molecule has 0 fully saturated rings. The fourth-order valence-electron chi connectivity index (χ4n) is 3.17. The number of imidazole rings is 1. The number of fused-ring (bicyclic) bond motifs is 1. The Morgan fingerprint density at radius 2 is 2.07 bits per heavy atom. The molecule has 30 heavy (non-hydrogen) atoms. The van der Waals surface area contributed by atoms with E-state index in [4.69, 9.17) is 10.5 Å². The number of aromatic nitrogens is 4. The Morgan fingerprint density at radius 1 is 1.20 bits per heavy atom. The zero-order valence-electron chi connectivity index (χ0n) is 16.6. The summed E-state index contributed by atoms with van der Waals surface area (Å²) in [4.78, 5) is 28.4. The summed E-state index contributed by atoms with van der Waals surface area (Å²) in [7, 11) is 1.60. The van der Waals surface area contributed by atoms with Gasteiger partial charge in [-0.1, -0.05) is 0 Å². The molecule has 1 aromatic carbocycles. The van der Waals surface area contributed by atoms with Gasteiger partial charge in [0.2, 0.25) is 5.95 Å². The molecule has 2 amide bonds. The van der Waals surface area contributed by atoms with Gasteiger partial charge in [-0.15, -0.1) is 0 Å². The summed E-state index contributed by atoms with van der Waals surface area (Å²) in [5.41, 5.74) is 10.3. The number of nitrogen functional groups attached to an aromatic ring is 1. The summed E-state index contributed by atoms with van der Waals surface area (Å²) in [6, 6.07) is 10.9. The van der Waals surface area contributed by atoms with E-state index < -0.39 is 0 Å². The fourth-order valence-corrected chi connectivity index (χ4v) is 3.17. The number of carbonyl (C=O) groups excluding carboxylic acids is 1. The van der Waals surface area contributed by atoms with Crippen LogP contribution in [0.4, 0.5) is 16.6 Å². The number of anilines is 2. The first-order valence-corrected chi connectivity index (χ1v) is 9.39. The molecule has 3 heterocycles. The van der Waals surface area contributed by atoms with Crippen molar-refractivity contribution >= 4 is 28.8 Å². The number of carbonyl (C=O) groups is 1. The molecule has 9 nitrogen and oxygen atoms in total. The number of urea groups is 1. The maximum absolute atomic E-state index is 11.9. The van der Waals surface area contributed by atoms with E-state index in [1.165, 1.54) is 0 Å². The Hall–Kier alpha value is -4.14. The van der Waals surface area contributed by atoms with Crippen LogP contribution in [0.1, 0.15) is 6.92 Å². The van der Waals surface area contributed by atoms with Crippen LogP contribution in [0.2, 0.25) is 0 Å². The van der Waals surface area contributed by atoms with E-state index in [-0.39, 0.29) is 6.03 Å². The van der Waals surface area contributed by atoms with Crippen molar-refractivity contribution in [1.29, 1.82) is 0 Å². The number of ether oxygens (including phenoxy) is 1. The monoisotopic (exact) mass is 403 g/mol. The minimum absolute atomic E-state index is 0.333. The quantitative estimate of drug-likeness (QED) is 0.404. The molecule has 0 spiro atoms. The highest BCUT2D eigenvalue weighted by Crippen LogP contribution is 2.36. The van der Waals surface area contributed by atoms with Crippen LogP contribution in [0.5, 0.6) is 5.75 Å². The van der Waals surface area contributed by atoms with Crippen molar-refractivity contribution in [2.24, 2.45) is 0 Å². The number of nitrogens with zero attached hydrogens (tertiary/aromatic N) is 3. The number of hydrogen-bond donors (Lipinski definition) is 4. The average molecular weight is 403 g/mol. The van der Waals surface area contributed by atoms with Gasteiger partial charge in [0.25, 0.3) is 0 Å². The normalized spacial score (nSPS) is 10.7. The maximum atomic E-state index is 11.9. The highest BCUT2D eigenvalue weighted by molar-refractivity contribution is 5.98. The Kier molecular flexibility index (Phi) is 5.17. The van der Waals surface area contributed by atoms with Gasteiger partial charge < -0.3 is 20.8 Å². The van der Waals surface area contributed by atoms with E-state index >= 15 is 0 Å². The topological polar surface area (TPSA) is 131 Å². The molecule has 0 aliphatic rings. The first kappa shape index (κ1) is 19.2. The zero-order valence-corrected chi connectivity index (χ0v) is 16.6. The molecule has 0 saturated carbocycles. The van der Waals surface area contributed by atoms with Crippen LogP contribution in [-0.2, 0) is 0 Å². The van der Waals surface area contributed by atoms with Crippen molar-refractivity contribution in [3.05, 3.63) is 48.8 Å². The van der Waals surface area contributed by atoms with Crippen molar-refractivity contribution in [3.63, 3.8) is 0 Å². The molecule has 4 aromatic rings. The van der Waals surface area contributed by atoms with Crippen LogP contribution in [0, 0.1) is 0 Å². The second kappa shape index (κ2) is 8.08. The molecule has 0 saturated heterocycles. The van der Waals surface area contributed by atoms with Crippen LogP contribution in [0.25, 0.3) is 33.4 Å². The number of pyridine rings is 2. The minimum atomic E-state index is -0.337. The van der Waals surface area contributed by atoms with Gasteiger partial charge in [-0.25, -0.2) is 14.8 Å². The zero-order chi connectivity index (χ0) is 21.1. The first-order valence-electron chi connectivity index (χ1n) is 9.39. The molecule has 0 atom stereocenters. The second-order valence-electron chi connectivity index (χ2n) is 6.52. The van der Waals surface area contributed by atoms with Gasteiger partial charge in [-0.2, -0.15) is 0 Å². The van der Waals surface area contributed by atoms with E-state index in [0.717, 1.165) is 22.2 Å². The number of hydrogen-bond acceptors (Lipinski definition) is 6. The van der Waals surface area contributed by atoms with E-state index in [0.29, 0.717) is 35.3 Å². The first-order chi connectivity index (χ1) is 14.6. The second-order valence-corrected chi connectivity index (χ2v) is 6.52. The number of amides is 2. The Labute approximate surface area is 172 Å². The van der Waals surface area contributed by atoms with Gasteiger partial charge in [0.1, 0.15) is 22.8 Å². The summed E-state index contributed by atoms with van der Waals surface area (Å²) in [5.74, 6) is 1.40. The molecule has 5 N–H and O–H groups in total. The van der Waals surface area contributed by atoms with Gasteiger partial charge in [-0.3, -0.25) is 10.3 Å². The molecule has 9 heteroatoms. The highest BCUT2D eigenvalue weighted by Gasteiger charge is 2.17. The van der Waals surface area contributed by atoms with Crippen LogP contribution in [-0.4, -0.2) is 39.6 Å². The van der Waals surface area contributed by atoms with Crippen molar-refractivity contribution in [3.8, 4) is 28.1 Å². The van der Waals surface area contributed by atoms with Crippen molar-refractivity contribution in [1.82, 2.24) is 25.3 Å². The summed E-state index contributed by atoms with van der Waals surface area (Å²) in [6.07, 6.45) is 3.40. The van der Waals surface area contributed by atoms with E-state index in [1.807, 2.05) is 31.2 Å². The lowest BCUT2D eigenvalue weighted by Gasteiger charge is -2.10. The standard InChI is InChI=1S/C21H21N7O2/c1-3-23-21(29)28-20-26-15-10-13(12-6-7-17(22)25-11-12)9-14(18(15)27-20)19-16(30-2)5-4-8-24-19/h4-11H,3H2,1-2H3,(H2,22,25)(H3,23,26,27,28,29). The predicted molar refractivity (Wildman–Crippen MR) is 116 cm³/mol. The molecule has 0 radical (unpaired) electrons. The number of methoxy groups -OCH3 is 1. The molecular formula is C21H21N7O2. The molecule has 0 aliphatic heterocycles. The molecule has 152 valence electrons. The third-order valence-corrected chi connectivity index (χ3v) is 4.52. The Bertz CT molecular complexity index is 1200. The van der Waals surface area contributed by atoms with E-state index in [1.54, 1.807) is 31.6 Å². The van der Waals surface area contributed by atoms with Gasteiger partial charge in [-0.05, 0) is 48.9 Å². The van der Waals surface area contributed by atoms with Gasteiger partial charge in [0, 0.05) is 30.1 Å². The predicted octanol–water partition coefficient (Wildman–Crippen LogP) is 3.42. The lowest BCUT2D eigenvalue weighted by atomic mass is 10.0. The summed E-state index contributed by atoms with van der Waals surface area (Å²) >= 11 is 0. The maximum Gasteiger partial charge on any atom is 0.321 e. The van der Waals surface area contributed by atoms with Crippen molar-refractivity contribution in [2.75, 3.05) is 24.7 Å². The molecule has 0 unspecified atom stereocenters. The molecule has 0 aliphatic carbocycles. The van der Waals surface area contributed by atoms with Crippen LogP contribution >= 0.6 is 0 Å². The smallest absolute Gasteiger partial charge is 0.321 e. The Morgan fingerprint density at radius 3 is 2.80 bits per heavy atom. The van der Waals surface area contributed by atoms with Crippen LogP contribution < -0.4 is 21.1 Å². The number of benzene rings is 1. The van der Waals surface area contributed by atoms with Gasteiger partial charge in [0.15, 0.2) is 0 Å². The van der Waals surface area contributed by atoms with Gasteiger partial charge in [0.05, 0.1) is 12.6 Å². The third-order valence-electron chi connectivity index (χ3n) is 4.52. The van der Waals surface area contributed by atoms with E-state index in [9.17, 15) is 4.79 Å². The van der Waals surface area contributed by atoms with Crippen LogP contribution in [0.3, 0.4) is 0 Å². The SMILES string of the molecule is CCNC(=O)Nc1nc2c(-c3ncccc3OC)cc(-c3ccc(N)nc3)cc2[nH]1. The number of aromatic amines is 1. The molecule has 0 bridgehead atoms. The number of H-pyrrole nitrogens is 1. The summed E-state index contributed by atoms with van der Waals surface area (Å²) in [5, 5.41) is 5.39. The number of nitrogens with one attached hydrogen (secondary N) is 3. The van der Waals surface area contributed by atoms with Crippen molar-refractivity contribution in [2.45, 2.75) is 6.92 Å².